The lowest BCUT2D eigenvalue weighted by molar-refractivity contribution is 0.604. The van der Waals surface area contributed by atoms with Gasteiger partial charge in [0.05, 0.1) is 0 Å². The van der Waals surface area contributed by atoms with Crippen LogP contribution in [0, 0.1) is 11.6 Å². The Labute approximate surface area is 137 Å². The van der Waals surface area contributed by atoms with Gasteiger partial charge < -0.3 is 0 Å². The van der Waals surface area contributed by atoms with Crippen LogP contribution in [0.15, 0.2) is 48.6 Å². The van der Waals surface area contributed by atoms with E-state index in [4.69, 9.17) is 0 Å². The molecule has 0 saturated carbocycles. The van der Waals surface area contributed by atoms with Crippen LogP contribution in [0.25, 0.3) is 12.2 Å². The highest BCUT2D eigenvalue weighted by atomic mass is 19.1. The Hall–Kier alpha value is -2.22. The maximum absolute atomic E-state index is 13.9. The summed E-state index contributed by atoms with van der Waals surface area (Å²) < 4.78 is 27.7. The first-order valence-electron chi connectivity index (χ1n) is 7.75. The molecule has 0 atom stereocenters. The van der Waals surface area contributed by atoms with E-state index in [1.165, 1.54) is 12.1 Å². The summed E-state index contributed by atoms with van der Waals surface area (Å²) >= 11 is 0. The summed E-state index contributed by atoms with van der Waals surface area (Å²) in [4.78, 5) is 0. The van der Waals surface area contributed by atoms with Crippen molar-refractivity contribution >= 4 is 12.2 Å². The molecule has 0 N–H and O–H groups in total. The van der Waals surface area contributed by atoms with Gasteiger partial charge >= 0.3 is 0 Å². The van der Waals surface area contributed by atoms with Gasteiger partial charge in [-0.2, -0.15) is 0 Å². The van der Waals surface area contributed by atoms with E-state index in [9.17, 15) is 8.78 Å². The summed E-state index contributed by atoms with van der Waals surface area (Å²) in [6, 6.07) is 10.3. The van der Waals surface area contributed by atoms with Gasteiger partial charge in [-0.25, -0.2) is 8.78 Å². The minimum Gasteiger partial charge on any atom is -0.206 e. The van der Waals surface area contributed by atoms with Crippen molar-refractivity contribution in [3.8, 4) is 0 Å². The van der Waals surface area contributed by atoms with Crippen LogP contribution in [0.3, 0.4) is 0 Å². The molecule has 2 heteroatoms. The van der Waals surface area contributed by atoms with Gasteiger partial charge in [-0.15, -0.1) is 0 Å². The van der Waals surface area contributed by atoms with Gasteiger partial charge in [-0.3, -0.25) is 0 Å². The Balaban J connectivity index is 2.53. The van der Waals surface area contributed by atoms with Crippen LogP contribution in [-0.2, 0) is 5.41 Å². The van der Waals surface area contributed by atoms with Crippen LogP contribution in [-0.4, -0.2) is 0 Å². The molecule has 0 saturated heterocycles. The van der Waals surface area contributed by atoms with Crippen LogP contribution in [0.5, 0.6) is 0 Å². The molecule has 0 aromatic heterocycles. The second-order valence-corrected chi connectivity index (χ2v) is 6.10. The van der Waals surface area contributed by atoms with Crippen LogP contribution < -0.4 is 0 Å². The van der Waals surface area contributed by atoms with E-state index in [-0.39, 0.29) is 17.0 Å². The van der Waals surface area contributed by atoms with Gasteiger partial charge in [0, 0.05) is 16.5 Å². The molecule has 0 amide bonds. The lowest BCUT2D eigenvalue weighted by atomic mass is 9.77. The topological polar surface area (TPSA) is 0 Å². The van der Waals surface area contributed by atoms with E-state index in [1.807, 2.05) is 38.1 Å². The minimum absolute atomic E-state index is 0.239. The molecular formula is C21H22F2. The fourth-order valence-corrected chi connectivity index (χ4v) is 2.65. The second kappa shape index (κ2) is 6.91. The number of hydrogen-bond acceptors (Lipinski definition) is 0. The van der Waals surface area contributed by atoms with Crippen molar-refractivity contribution in [1.29, 1.82) is 0 Å². The van der Waals surface area contributed by atoms with E-state index in [0.717, 1.165) is 11.1 Å². The van der Waals surface area contributed by atoms with Crippen molar-refractivity contribution in [2.75, 3.05) is 0 Å². The Bertz CT molecular complexity index is 689. The van der Waals surface area contributed by atoms with E-state index >= 15 is 0 Å². The highest BCUT2D eigenvalue weighted by Gasteiger charge is 2.24. The maximum Gasteiger partial charge on any atom is 0.130 e. The third kappa shape index (κ3) is 3.58. The van der Waals surface area contributed by atoms with Crippen molar-refractivity contribution in [3.63, 3.8) is 0 Å². The molecule has 23 heavy (non-hydrogen) atoms. The largest absolute Gasteiger partial charge is 0.206 e. The van der Waals surface area contributed by atoms with Gasteiger partial charge in [-0.05, 0) is 49.2 Å². The molecule has 0 bridgehead atoms. The molecular weight excluding hydrogens is 290 g/mol. The number of benzene rings is 2. The SMILES string of the molecule is CC=Cc1cc(C(C)(C)c2ccc(F)c(C=CC)c2)ccc1F. The molecule has 0 fully saturated rings. The van der Waals surface area contributed by atoms with Crippen LogP contribution in [0.1, 0.15) is 49.9 Å². The maximum atomic E-state index is 13.9. The van der Waals surface area contributed by atoms with E-state index in [2.05, 4.69) is 13.8 Å². The van der Waals surface area contributed by atoms with Crippen molar-refractivity contribution in [2.24, 2.45) is 0 Å². The predicted molar refractivity (Wildman–Crippen MR) is 94.3 cm³/mol. The molecule has 2 rings (SSSR count). The Morgan fingerprint density at radius 1 is 0.739 bits per heavy atom. The van der Waals surface area contributed by atoms with Gasteiger partial charge in [0.1, 0.15) is 11.6 Å². The highest BCUT2D eigenvalue weighted by Crippen LogP contribution is 2.33. The lowest BCUT2D eigenvalue weighted by Crippen LogP contribution is -2.19. The monoisotopic (exact) mass is 312 g/mol. The zero-order chi connectivity index (χ0) is 17.0. The van der Waals surface area contributed by atoms with Crippen molar-refractivity contribution in [1.82, 2.24) is 0 Å². The van der Waals surface area contributed by atoms with Gasteiger partial charge in [0.25, 0.3) is 0 Å². The molecule has 0 aliphatic heterocycles. The average Bonchev–Trinajstić information content (AvgIpc) is 2.51. The van der Waals surface area contributed by atoms with E-state index in [1.54, 1.807) is 24.3 Å². The number of rotatable bonds is 4. The fourth-order valence-electron chi connectivity index (χ4n) is 2.65. The third-order valence-corrected chi connectivity index (χ3v) is 4.13. The van der Waals surface area contributed by atoms with Gasteiger partial charge in [0.2, 0.25) is 0 Å². The molecule has 0 aliphatic carbocycles. The Kier molecular flexibility index (Phi) is 5.15. The molecule has 0 unspecified atom stereocenters. The molecule has 2 aromatic carbocycles. The van der Waals surface area contributed by atoms with Gasteiger partial charge in [0.15, 0.2) is 0 Å². The van der Waals surface area contributed by atoms with Gasteiger partial charge in [-0.1, -0.05) is 50.3 Å². The smallest absolute Gasteiger partial charge is 0.130 e. The Morgan fingerprint density at radius 2 is 1.13 bits per heavy atom. The first-order valence-corrected chi connectivity index (χ1v) is 7.75. The highest BCUT2D eigenvalue weighted by molar-refractivity contribution is 5.55. The second-order valence-electron chi connectivity index (χ2n) is 6.10. The van der Waals surface area contributed by atoms with E-state index < -0.39 is 0 Å². The standard InChI is InChI=1S/C21H22F2/c1-5-7-15-13-17(9-11-19(15)22)21(3,4)18-10-12-20(23)16(14-18)8-6-2/h5-14H,1-4H3. The summed E-state index contributed by atoms with van der Waals surface area (Å²) in [5.74, 6) is -0.479. The number of hydrogen-bond donors (Lipinski definition) is 0. The number of allylic oxidation sites excluding steroid dienone is 2. The van der Waals surface area contributed by atoms with Crippen LogP contribution in [0.4, 0.5) is 8.78 Å². The first kappa shape index (κ1) is 17.1. The van der Waals surface area contributed by atoms with Crippen molar-refractivity contribution in [2.45, 2.75) is 33.1 Å². The normalized spacial score (nSPS) is 12.4. The summed E-state index contributed by atoms with van der Waals surface area (Å²) in [5.41, 5.74) is 2.76. The minimum atomic E-state index is -0.353. The summed E-state index contributed by atoms with van der Waals surface area (Å²) in [5, 5.41) is 0. The third-order valence-electron chi connectivity index (χ3n) is 4.13. The molecule has 0 nitrogen and oxygen atoms in total. The van der Waals surface area contributed by atoms with E-state index in [0.29, 0.717) is 11.1 Å². The van der Waals surface area contributed by atoms with Crippen molar-refractivity contribution < 1.29 is 8.78 Å². The average molecular weight is 312 g/mol. The summed E-state index contributed by atoms with van der Waals surface area (Å²) in [6.45, 7) is 7.85. The fraction of sp³-hybridized carbons (Fsp3) is 0.238. The molecule has 120 valence electrons. The van der Waals surface area contributed by atoms with Crippen LogP contribution in [0.2, 0.25) is 0 Å². The zero-order valence-corrected chi connectivity index (χ0v) is 14.0. The van der Waals surface area contributed by atoms with Crippen molar-refractivity contribution in [3.05, 3.63) is 82.4 Å². The predicted octanol–water partition coefficient (Wildman–Crippen LogP) is 6.36. The quantitative estimate of drug-likeness (QED) is 0.616. The molecule has 0 aliphatic rings. The summed E-state index contributed by atoms with van der Waals surface area (Å²) in [6.07, 6.45) is 7.14. The first-order chi connectivity index (χ1) is 10.9. The molecule has 0 radical (unpaired) electrons. The molecule has 2 aromatic rings. The van der Waals surface area contributed by atoms with Crippen LogP contribution >= 0.6 is 0 Å². The lowest BCUT2D eigenvalue weighted by Gasteiger charge is -2.27. The zero-order valence-electron chi connectivity index (χ0n) is 14.0. The summed E-state index contributed by atoms with van der Waals surface area (Å²) in [7, 11) is 0. The number of halogens is 2. The molecule has 0 spiro atoms. The Morgan fingerprint density at radius 3 is 1.48 bits per heavy atom. The molecule has 0 heterocycles.